The minimum absolute atomic E-state index is 0.205. The normalized spacial score (nSPS) is 12.7. The third-order valence-electron chi connectivity index (χ3n) is 4.81. The number of carbonyl (C=O) groups is 3. The molecule has 0 spiro atoms. The van der Waals surface area contributed by atoms with E-state index in [4.69, 9.17) is 18.9 Å². The summed E-state index contributed by atoms with van der Waals surface area (Å²) in [4.78, 5) is 37.2. The molecule has 1 heterocycles. The second-order valence-electron chi connectivity index (χ2n) is 7.13. The summed E-state index contributed by atoms with van der Waals surface area (Å²) >= 11 is 0. The molecular weight excluding hydrogens is 428 g/mol. The van der Waals surface area contributed by atoms with Crippen LogP contribution in [0.5, 0.6) is 0 Å². The van der Waals surface area contributed by atoms with Crippen LogP contribution in [0.15, 0.2) is 54.6 Å². The first kappa shape index (κ1) is 24.4. The molecule has 0 saturated carbocycles. The first-order chi connectivity index (χ1) is 16.2. The third-order valence-corrected chi connectivity index (χ3v) is 4.81. The Morgan fingerprint density at radius 3 is 1.91 bits per heavy atom. The van der Waals surface area contributed by atoms with Crippen LogP contribution in [0.3, 0.4) is 0 Å². The largest absolute Gasteiger partial charge is 0.445 e. The molecule has 1 aliphatic rings. The van der Waals surface area contributed by atoms with E-state index in [1.54, 1.807) is 24.3 Å². The van der Waals surface area contributed by atoms with Gasteiger partial charge in [0, 0.05) is 6.54 Å². The van der Waals surface area contributed by atoms with Gasteiger partial charge in [0.2, 0.25) is 0 Å². The number of alkyl carbamates (subject to hydrolysis) is 1. The molecule has 1 aliphatic heterocycles. The lowest BCUT2D eigenvalue weighted by molar-refractivity contribution is 0.0116. The molecule has 0 fully saturated rings. The maximum Gasteiger partial charge on any atom is 0.407 e. The number of ether oxygens (including phenoxy) is 4. The van der Waals surface area contributed by atoms with Gasteiger partial charge in [-0.15, -0.1) is 0 Å². The number of nitrogens with zero attached hydrogens (tertiary/aromatic N) is 1. The van der Waals surface area contributed by atoms with E-state index in [2.05, 4.69) is 5.32 Å². The molecule has 33 heavy (non-hydrogen) atoms. The third kappa shape index (κ3) is 7.67. The Balaban J connectivity index is 1.11. The zero-order valence-corrected chi connectivity index (χ0v) is 18.4. The van der Waals surface area contributed by atoms with Crippen LogP contribution < -0.4 is 5.32 Å². The van der Waals surface area contributed by atoms with E-state index in [9.17, 15) is 14.4 Å². The molecule has 0 atom stereocenters. The Morgan fingerprint density at radius 2 is 1.27 bits per heavy atom. The quantitative estimate of drug-likeness (QED) is 0.344. The molecule has 2 aromatic carbocycles. The minimum Gasteiger partial charge on any atom is -0.445 e. The maximum absolute atomic E-state index is 12.2. The Labute approximate surface area is 192 Å². The molecule has 0 saturated heterocycles. The topological polar surface area (TPSA) is 103 Å². The van der Waals surface area contributed by atoms with Crippen molar-refractivity contribution in [2.75, 3.05) is 52.7 Å². The van der Waals surface area contributed by atoms with Crippen LogP contribution in [0.4, 0.5) is 4.79 Å². The summed E-state index contributed by atoms with van der Waals surface area (Å²) in [5.74, 6) is -0.571. The number of fused-ring (bicyclic) bond motifs is 1. The molecule has 0 bridgehead atoms. The number of rotatable bonds is 14. The van der Waals surface area contributed by atoms with Gasteiger partial charge in [-0.05, 0) is 17.7 Å². The van der Waals surface area contributed by atoms with Gasteiger partial charge < -0.3 is 24.3 Å². The molecular formula is C24H28N2O7. The van der Waals surface area contributed by atoms with Gasteiger partial charge in [-0.2, -0.15) is 0 Å². The molecule has 176 valence electrons. The zero-order chi connectivity index (χ0) is 23.3. The van der Waals surface area contributed by atoms with Gasteiger partial charge in [0.1, 0.15) is 6.61 Å². The van der Waals surface area contributed by atoms with Crippen molar-refractivity contribution in [1.29, 1.82) is 0 Å². The molecule has 0 radical (unpaired) electrons. The average molecular weight is 456 g/mol. The predicted octanol–water partition coefficient (Wildman–Crippen LogP) is 2.26. The van der Waals surface area contributed by atoms with Gasteiger partial charge in [0.15, 0.2) is 0 Å². The van der Waals surface area contributed by atoms with Gasteiger partial charge >= 0.3 is 6.09 Å². The molecule has 0 aliphatic carbocycles. The summed E-state index contributed by atoms with van der Waals surface area (Å²) in [6.45, 7) is 2.86. The number of amides is 3. The van der Waals surface area contributed by atoms with Crippen LogP contribution in [0.1, 0.15) is 26.3 Å². The molecule has 3 rings (SSSR count). The standard InChI is InChI=1S/C24H28N2O7/c27-22-20-8-4-5-9-21(20)23(28)26(22)11-13-31-15-17-32-16-14-30-12-10-25-24(29)33-18-19-6-2-1-3-7-19/h1-9H,10-18H2,(H,25,29). The van der Waals surface area contributed by atoms with Crippen molar-refractivity contribution in [2.45, 2.75) is 6.61 Å². The molecule has 9 heteroatoms. The number of carbonyl (C=O) groups excluding carboxylic acids is 3. The van der Waals surface area contributed by atoms with Crippen molar-refractivity contribution < 1.29 is 33.3 Å². The predicted molar refractivity (Wildman–Crippen MR) is 119 cm³/mol. The number of benzene rings is 2. The monoisotopic (exact) mass is 456 g/mol. The van der Waals surface area contributed by atoms with E-state index in [-0.39, 0.29) is 31.6 Å². The Hall–Kier alpha value is -3.27. The van der Waals surface area contributed by atoms with Crippen molar-refractivity contribution in [3.63, 3.8) is 0 Å². The highest BCUT2D eigenvalue weighted by Crippen LogP contribution is 2.21. The van der Waals surface area contributed by atoms with Crippen molar-refractivity contribution in [3.05, 3.63) is 71.3 Å². The number of hydrogen-bond acceptors (Lipinski definition) is 7. The van der Waals surface area contributed by atoms with Crippen molar-refractivity contribution in [2.24, 2.45) is 0 Å². The molecule has 0 unspecified atom stereocenters. The smallest absolute Gasteiger partial charge is 0.407 e. The van der Waals surface area contributed by atoms with Crippen LogP contribution in [0.2, 0.25) is 0 Å². The second kappa shape index (κ2) is 13.3. The highest BCUT2D eigenvalue weighted by Gasteiger charge is 2.34. The van der Waals surface area contributed by atoms with Crippen molar-refractivity contribution >= 4 is 17.9 Å². The lowest BCUT2D eigenvalue weighted by atomic mass is 10.1. The number of hydrogen-bond donors (Lipinski definition) is 1. The first-order valence-electron chi connectivity index (χ1n) is 10.8. The molecule has 9 nitrogen and oxygen atoms in total. The summed E-state index contributed by atoms with van der Waals surface area (Å²) < 4.78 is 21.3. The summed E-state index contributed by atoms with van der Waals surface area (Å²) in [5.41, 5.74) is 1.80. The Bertz CT molecular complexity index is 885. The first-order valence-corrected chi connectivity index (χ1v) is 10.8. The van der Waals surface area contributed by atoms with E-state index < -0.39 is 6.09 Å². The van der Waals surface area contributed by atoms with Gasteiger partial charge in [0.25, 0.3) is 11.8 Å². The maximum atomic E-state index is 12.2. The lowest BCUT2D eigenvalue weighted by Gasteiger charge is -2.13. The van der Waals surface area contributed by atoms with E-state index in [1.165, 1.54) is 4.90 Å². The van der Waals surface area contributed by atoms with E-state index in [1.807, 2.05) is 30.3 Å². The fraction of sp³-hybridized carbons (Fsp3) is 0.375. The summed E-state index contributed by atoms with van der Waals surface area (Å²) in [6.07, 6.45) is -0.489. The molecule has 1 N–H and O–H groups in total. The van der Waals surface area contributed by atoms with Gasteiger partial charge in [-0.25, -0.2) is 4.79 Å². The van der Waals surface area contributed by atoms with Crippen LogP contribution in [0, 0.1) is 0 Å². The van der Waals surface area contributed by atoms with Gasteiger partial charge in [-0.1, -0.05) is 42.5 Å². The molecule has 3 amide bonds. The highest BCUT2D eigenvalue weighted by atomic mass is 16.6. The fourth-order valence-electron chi connectivity index (χ4n) is 3.14. The van der Waals surface area contributed by atoms with Crippen molar-refractivity contribution in [1.82, 2.24) is 10.2 Å². The fourth-order valence-corrected chi connectivity index (χ4v) is 3.14. The molecule has 2 aromatic rings. The number of nitrogens with one attached hydrogen (secondary N) is 1. The highest BCUT2D eigenvalue weighted by molar-refractivity contribution is 6.21. The Morgan fingerprint density at radius 1 is 0.727 bits per heavy atom. The number of imide groups is 1. The van der Waals surface area contributed by atoms with E-state index in [0.29, 0.717) is 50.7 Å². The minimum atomic E-state index is -0.489. The van der Waals surface area contributed by atoms with Crippen LogP contribution in [-0.4, -0.2) is 75.5 Å². The lowest BCUT2D eigenvalue weighted by Crippen LogP contribution is -2.33. The van der Waals surface area contributed by atoms with E-state index >= 15 is 0 Å². The SMILES string of the molecule is O=C(NCCOCCOCCOCCN1C(=O)c2ccccc2C1=O)OCc1ccccc1. The Kier molecular flexibility index (Phi) is 9.84. The van der Waals surface area contributed by atoms with Crippen LogP contribution in [0.25, 0.3) is 0 Å². The van der Waals surface area contributed by atoms with E-state index in [0.717, 1.165) is 5.56 Å². The van der Waals surface area contributed by atoms with Gasteiger partial charge in [0.05, 0.1) is 57.3 Å². The summed E-state index contributed by atoms with van der Waals surface area (Å²) in [7, 11) is 0. The van der Waals surface area contributed by atoms with Crippen molar-refractivity contribution in [3.8, 4) is 0 Å². The summed E-state index contributed by atoms with van der Waals surface area (Å²) in [5, 5.41) is 2.61. The summed E-state index contributed by atoms with van der Waals surface area (Å²) in [6, 6.07) is 16.2. The second-order valence-corrected chi connectivity index (χ2v) is 7.13. The zero-order valence-electron chi connectivity index (χ0n) is 18.4. The van der Waals surface area contributed by atoms with Crippen LogP contribution in [-0.2, 0) is 25.6 Å². The van der Waals surface area contributed by atoms with Crippen LogP contribution >= 0.6 is 0 Å². The molecule has 0 aromatic heterocycles. The van der Waals surface area contributed by atoms with Gasteiger partial charge in [-0.3, -0.25) is 14.5 Å². The average Bonchev–Trinajstić information content (AvgIpc) is 3.09.